The lowest BCUT2D eigenvalue weighted by molar-refractivity contribution is 0.399. The van der Waals surface area contributed by atoms with E-state index in [-0.39, 0.29) is 0 Å². The second kappa shape index (κ2) is 7.35. The van der Waals surface area contributed by atoms with Crippen LogP contribution >= 0.6 is 0 Å². The van der Waals surface area contributed by atoms with E-state index in [1.54, 1.807) is 19.1 Å². The summed E-state index contributed by atoms with van der Waals surface area (Å²) in [6, 6.07) is 4.88. The molecule has 0 heterocycles. The van der Waals surface area contributed by atoms with E-state index < -0.39 is 0 Å². The molecule has 0 saturated heterocycles. The number of isocyanates is 2. The summed E-state index contributed by atoms with van der Waals surface area (Å²) in [4.78, 5) is 26.8. The zero-order chi connectivity index (χ0) is 11.7. The second-order valence-corrected chi connectivity index (χ2v) is 2.38. The molecule has 0 aromatic heterocycles. The van der Waals surface area contributed by atoms with Crippen LogP contribution in [-0.2, 0) is 9.59 Å². The van der Waals surface area contributed by atoms with Gasteiger partial charge in [-0.3, -0.25) is 0 Å². The number of hydrogen-bond acceptors (Lipinski definition) is 5. The molecule has 1 aromatic carbocycles. The summed E-state index contributed by atoms with van der Waals surface area (Å²) in [5, 5.41) is 7.00. The maximum atomic E-state index is 10.00. The standard InChI is InChI=1S/C9H6N2O2.CH4O/c1-7-2-3-8(10-5-12)4-9(7)11-6-13;1-2/h2-4H,1H3;2H,1H3. The molecule has 0 aliphatic rings. The van der Waals surface area contributed by atoms with Gasteiger partial charge in [0.25, 0.3) is 0 Å². The van der Waals surface area contributed by atoms with Gasteiger partial charge in [-0.05, 0) is 24.6 Å². The van der Waals surface area contributed by atoms with Crippen molar-refractivity contribution in [3.63, 3.8) is 0 Å². The SMILES string of the molecule is CO.Cc1ccc(N=C=O)cc1N=C=O. The average molecular weight is 206 g/mol. The van der Waals surface area contributed by atoms with Crippen LogP contribution in [0.1, 0.15) is 5.56 Å². The van der Waals surface area contributed by atoms with Crippen molar-refractivity contribution in [1.82, 2.24) is 0 Å². The highest BCUT2D eigenvalue weighted by Gasteiger charge is 1.97. The molecule has 15 heavy (non-hydrogen) atoms. The number of rotatable bonds is 2. The molecule has 0 unspecified atom stereocenters. The predicted molar refractivity (Wildman–Crippen MR) is 54.9 cm³/mol. The number of aryl methyl sites for hydroxylation is 1. The fourth-order valence-corrected chi connectivity index (χ4v) is 0.890. The van der Waals surface area contributed by atoms with Gasteiger partial charge < -0.3 is 5.11 Å². The Morgan fingerprint density at radius 1 is 1.13 bits per heavy atom. The van der Waals surface area contributed by atoms with E-state index >= 15 is 0 Å². The first kappa shape index (κ1) is 12.9. The molecule has 5 heteroatoms. The molecule has 0 spiro atoms. The first-order valence-corrected chi connectivity index (χ1v) is 3.99. The van der Waals surface area contributed by atoms with Gasteiger partial charge >= 0.3 is 0 Å². The van der Waals surface area contributed by atoms with Crippen LogP contribution in [0.4, 0.5) is 11.4 Å². The normalized spacial score (nSPS) is 7.67. The number of aliphatic imine (C=N–C) groups is 2. The maximum absolute atomic E-state index is 10.00. The van der Waals surface area contributed by atoms with Gasteiger partial charge in [0.1, 0.15) is 0 Å². The van der Waals surface area contributed by atoms with Gasteiger partial charge in [0.05, 0.1) is 11.4 Å². The van der Waals surface area contributed by atoms with Crippen molar-refractivity contribution in [2.24, 2.45) is 9.98 Å². The Hall–Kier alpha value is -2.06. The lowest BCUT2D eigenvalue weighted by atomic mass is 10.2. The molecule has 5 nitrogen and oxygen atoms in total. The monoisotopic (exact) mass is 206 g/mol. The molecule has 1 N–H and O–H groups in total. The van der Waals surface area contributed by atoms with Gasteiger partial charge in [-0.2, -0.15) is 9.98 Å². The van der Waals surface area contributed by atoms with E-state index in [1.165, 1.54) is 18.2 Å². The maximum Gasteiger partial charge on any atom is 0.240 e. The minimum Gasteiger partial charge on any atom is -0.400 e. The fourth-order valence-electron chi connectivity index (χ4n) is 0.890. The lowest BCUT2D eigenvalue weighted by Crippen LogP contribution is -1.73. The quantitative estimate of drug-likeness (QED) is 0.588. The second-order valence-electron chi connectivity index (χ2n) is 2.38. The van der Waals surface area contributed by atoms with Crippen LogP contribution in [0, 0.1) is 6.92 Å². The highest BCUT2D eigenvalue weighted by molar-refractivity contribution is 5.61. The molecule has 0 radical (unpaired) electrons. The van der Waals surface area contributed by atoms with E-state index in [4.69, 9.17) is 5.11 Å². The van der Waals surface area contributed by atoms with E-state index in [9.17, 15) is 9.59 Å². The van der Waals surface area contributed by atoms with Crippen molar-refractivity contribution < 1.29 is 14.7 Å². The highest BCUT2D eigenvalue weighted by Crippen LogP contribution is 2.23. The first-order chi connectivity index (χ1) is 7.27. The van der Waals surface area contributed by atoms with Crippen molar-refractivity contribution in [2.75, 3.05) is 7.11 Å². The van der Waals surface area contributed by atoms with Gasteiger partial charge in [0.2, 0.25) is 12.2 Å². The van der Waals surface area contributed by atoms with Crippen molar-refractivity contribution in [3.8, 4) is 0 Å². The molecule has 78 valence electrons. The van der Waals surface area contributed by atoms with Gasteiger partial charge in [-0.1, -0.05) is 6.07 Å². The summed E-state index contributed by atoms with van der Waals surface area (Å²) in [6.07, 6.45) is 2.84. The van der Waals surface area contributed by atoms with Gasteiger partial charge in [-0.25, -0.2) is 9.59 Å². The fraction of sp³-hybridized carbons (Fsp3) is 0.200. The molecule has 0 saturated carbocycles. The number of carbonyl (C=O) groups excluding carboxylic acids is 2. The third-order valence-electron chi connectivity index (χ3n) is 1.53. The molecule has 0 amide bonds. The van der Waals surface area contributed by atoms with E-state index in [0.29, 0.717) is 11.4 Å². The summed E-state index contributed by atoms with van der Waals surface area (Å²) < 4.78 is 0. The van der Waals surface area contributed by atoms with Gasteiger partial charge in [0.15, 0.2) is 0 Å². The Kier molecular flexibility index (Phi) is 6.34. The average Bonchev–Trinajstić information content (AvgIpc) is 2.27. The first-order valence-electron chi connectivity index (χ1n) is 3.99. The summed E-state index contributed by atoms with van der Waals surface area (Å²) in [5.74, 6) is 0. The van der Waals surface area contributed by atoms with Crippen LogP contribution in [0.5, 0.6) is 0 Å². The summed E-state index contributed by atoms with van der Waals surface area (Å²) in [5.41, 5.74) is 1.72. The van der Waals surface area contributed by atoms with Crippen molar-refractivity contribution in [2.45, 2.75) is 6.92 Å². The van der Waals surface area contributed by atoms with Crippen LogP contribution in [-0.4, -0.2) is 24.4 Å². The number of nitrogens with zero attached hydrogens (tertiary/aromatic N) is 2. The Morgan fingerprint density at radius 2 is 1.73 bits per heavy atom. The molecule has 0 aliphatic heterocycles. The topological polar surface area (TPSA) is 79.1 Å². The number of aliphatic hydroxyl groups is 1. The van der Waals surface area contributed by atoms with Crippen LogP contribution in [0.2, 0.25) is 0 Å². The van der Waals surface area contributed by atoms with Crippen LogP contribution in [0.3, 0.4) is 0 Å². The minimum atomic E-state index is 0.426. The van der Waals surface area contributed by atoms with E-state index in [2.05, 4.69) is 9.98 Å². The smallest absolute Gasteiger partial charge is 0.240 e. The number of aliphatic hydroxyl groups excluding tert-OH is 1. The Bertz CT molecular complexity index is 417. The molecular formula is C10H10N2O3. The van der Waals surface area contributed by atoms with E-state index in [1.807, 2.05) is 0 Å². The van der Waals surface area contributed by atoms with Crippen molar-refractivity contribution in [1.29, 1.82) is 0 Å². The number of hydrogen-bond donors (Lipinski definition) is 1. The molecule has 0 bridgehead atoms. The Morgan fingerprint density at radius 3 is 2.27 bits per heavy atom. The lowest BCUT2D eigenvalue weighted by Gasteiger charge is -1.97. The summed E-state index contributed by atoms with van der Waals surface area (Å²) in [6.45, 7) is 1.80. The third-order valence-corrected chi connectivity index (χ3v) is 1.53. The molecule has 0 atom stereocenters. The zero-order valence-corrected chi connectivity index (χ0v) is 8.39. The van der Waals surface area contributed by atoms with Crippen molar-refractivity contribution >= 4 is 23.5 Å². The van der Waals surface area contributed by atoms with Crippen LogP contribution in [0.25, 0.3) is 0 Å². The zero-order valence-electron chi connectivity index (χ0n) is 8.39. The largest absolute Gasteiger partial charge is 0.400 e. The summed E-state index contributed by atoms with van der Waals surface area (Å²) in [7, 11) is 1.00. The molecule has 1 rings (SSSR count). The van der Waals surface area contributed by atoms with Gasteiger partial charge in [-0.15, -0.1) is 0 Å². The van der Waals surface area contributed by atoms with Crippen LogP contribution in [0.15, 0.2) is 28.2 Å². The molecule has 0 fully saturated rings. The molecular weight excluding hydrogens is 196 g/mol. The molecule has 1 aromatic rings. The van der Waals surface area contributed by atoms with E-state index in [0.717, 1.165) is 12.7 Å². The van der Waals surface area contributed by atoms with Gasteiger partial charge in [0, 0.05) is 7.11 Å². The van der Waals surface area contributed by atoms with Crippen LogP contribution < -0.4 is 0 Å². The Labute approximate surface area is 86.8 Å². The molecule has 0 aliphatic carbocycles. The van der Waals surface area contributed by atoms with Crippen molar-refractivity contribution in [3.05, 3.63) is 23.8 Å². The summed E-state index contributed by atoms with van der Waals surface area (Å²) >= 11 is 0. The Balaban J connectivity index is 0.000000921. The number of benzene rings is 1. The third kappa shape index (κ3) is 4.11. The highest BCUT2D eigenvalue weighted by atomic mass is 16.2. The minimum absolute atomic E-state index is 0.426. The predicted octanol–water partition coefficient (Wildman–Crippen LogP) is 1.54.